The average Bonchev–Trinajstić information content (AvgIpc) is 2.96. The Morgan fingerprint density at radius 3 is 2.65 bits per heavy atom. The summed E-state index contributed by atoms with van der Waals surface area (Å²) in [4.78, 5) is 12.5. The molecule has 1 saturated heterocycles. The molecule has 2 aromatic carbocycles. The number of aliphatic hydroxyl groups excluding tert-OH is 1. The molecular weight excluding hydrogens is 316 g/mol. The molecule has 0 bridgehead atoms. The molecule has 2 atom stereocenters. The van der Waals surface area contributed by atoms with Crippen molar-refractivity contribution in [1.29, 1.82) is 0 Å². The first-order valence-electron chi connectivity index (χ1n) is 7.43. The van der Waals surface area contributed by atoms with Gasteiger partial charge in [0, 0.05) is 36.5 Å². The Morgan fingerprint density at radius 1 is 1.26 bits per heavy atom. The van der Waals surface area contributed by atoms with Crippen LogP contribution in [0.1, 0.15) is 10.4 Å². The predicted octanol–water partition coefficient (Wildman–Crippen LogP) is 1.58. The normalized spacial score (nSPS) is 20.1. The molecule has 0 aromatic heterocycles. The number of β-amino-alcohol motifs (C(OH)–C–C–N with tert-alkyl or cyclic N) is 1. The molecule has 0 spiro atoms. The zero-order valence-corrected chi connectivity index (χ0v) is 13.7. The molecule has 0 saturated carbocycles. The first-order chi connectivity index (χ1) is 10.7. The Bertz CT molecular complexity index is 693. The Morgan fingerprint density at radius 2 is 2.00 bits per heavy atom. The fourth-order valence-corrected chi connectivity index (χ4v) is 2.89. The van der Waals surface area contributed by atoms with E-state index in [0.717, 1.165) is 23.1 Å². The highest BCUT2D eigenvalue weighted by molar-refractivity contribution is 6.08. The van der Waals surface area contributed by atoms with E-state index in [1.165, 1.54) is 0 Å². The van der Waals surface area contributed by atoms with Gasteiger partial charge in [-0.2, -0.15) is 0 Å². The summed E-state index contributed by atoms with van der Waals surface area (Å²) in [6, 6.07) is 11.3. The number of fused-ring (bicyclic) bond motifs is 1. The first kappa shape index (κ1) is 17.5. The van der Waals surface area contributed by atoms with Crippen molar-refractivity contribution in [1.82, 2.24) is 10.6 Å². The minimum absolute atomic E-state index is 0. The zero-order valence-electron chi connectivity index (χ0n) is 12.9. The van der Waals surface area contributed by atoms with E-state index in [1.54, 1.807) is 13.2 Å². The van der Waals surface area contributed by atoms with E-state index >= 15 is 0 Å². The second-order valence-corrected chi connectivity index (χ2v) is 5.56. The second kappa shape index (κ2) is 7.64. The van der Waals surface area contributed by atoms with Crippen molar-refractivity contribution < 1.29 is 14.6 Å². The van der Waals surface area contributed by atoms with Crippen molar-refractivity contribution in [3.63, 3.8) is 0 Å². The molecule has 5 nitrogen and oxygen atoms in total. The van der Waals surface area contributed by atoms with Crippen LogP contribution in [0.5, 0.6) is 5.75 Å². The van der Waals surface area contributed by atoms with Gasteiger partial charge in [0.1, 0.15) is 5.75 Å². The largest absolute Gasteiger partial charge is 0.496 e. The maximum atomic E-state index is 12.5. The maximum absolute atomic E-state index is 12.5. The molecular formula is C17H21ClN2O3. The molecule has 6 heteroatoms. The van der Waals surface area contributed by atoms with Crippen molar-refractivity contribution in [2.75, 3.05) is 26.7 Å². The number of benzene rings is 2. The third-order valence-corrected chi connectivity index (χ3v) is 4.18. The molecule has 2 aromatic rings. The lowest BCUT2D eigenvalue weighted by atomic mass is 10.0. The molecule has 1 aliphatic rings. The summed E-state index contributed by atoms with van der Waals surface area (Å²) < 4.78 is 5.34. The summed E-state index contributed by atoms with van der Waals surface area (Å²) in [7, 11) is 1.62. The maximum Gasteiger partial charge on any atom is 0.251 e. The lowest BCUT2D eigenvalue weighted by molar-refractivity contribution is 0.0928. The summed E-state index contributed by atoms with van der Waals surface area (Å²) in [5, 5.41) is 17.6. The van der Waals surface area contributed by atoms with Gasteiger partial charge in [0.25, 0.3) is 5.91 Å². The summed E-state index contributed by atoms with van der Waals surface area (Å²) in [6.07, 6.45) is -0.395. The fourth-order valence-electron chi connectivity index (χ4n) is 2.89. The molecule has 1 amide bonds. The number of halogens is 1. The summed E-state index contributed by atoms with van der Waals surface area (Å²) in [5.74, 6) is 0.689. The topological polar surface area (TPSA) is 70.6 Å². The highest BCUT2D eigenvalue weighted by atomic mass is 35.5. The Hall–Kier alpha value is -1.82. The monoisotopic (exact) mass is 336 g/mol. The van der Waals surface area contributed by atoms with Gasteiger partial charge >= 0.3 is 0 Å². The van der Waals surface area contributed by atoms with Crippen LogP contribution in [-0.4, -0.2) is 43.9 Å². The number of amides is 1. The van der Waals surface area contributed by atoms with Crippen molar-refractivity contribution in [2.45, 2.75) is 6.10 Å². The third kappa shape index (κ3) is 3.58. The van der Waals surface area contributed by atoms with E-state index in [2.05, 4.69) is 10.6 Å². The van der Waals surface area contributed by atoms with E-state index in [-0.39, 0.29) is 24.2 Å². The number of carbonyl (C=O) groups is 1. The number of aliphatic hydroxyl groups is 1. The van der Waals surface area contributed by atoms with Crippen LogP contribution in [0.4, 0.5) is 0 Å². The van der Waals surface area contributed by atoms with Crippen molar-refractivity contribution in [2.24, 2.45) is 5.92 Å². The van der Waals surface area contributed by atoms with Crippen LogP contribution in [0.25, 0.3) is 10.8 Å². The van der Waals surface area contributed by atoms with E-state index in [9.17, 15) is 9.90 Å². The smallest absolute Gasteiger partial charge is 0.251 e. The standard InChI is InChI=1S/C17H20N2O3.ClH/c1-22-16-7-6-14(12-4-2-3-5-13(12)16)17(21)19-9-11-8-18-10-15(11)20;/h2-7,11,15,18,20H,8-10H2,1H3,(H,19,21);1H. The van der Waals surface area contributed by atoms with Gasteiger partial charge in [0.15, 0.2) is 0 Å². The molecule has 0 aliphatic carbocycles. The molecule has 3 N–H and O–H groups in total. The van der Waals surface area contributed by atoms with Crippen LogP contribution in [-0.2, 0) is 0 Å². The summed E-state index contributed by atoms with van der Waals surface area (Å²) >= 11 is 0. The summed E-state index contributed by atoms with van der Waals surface area (Å²) in [5.41, 5.74) is 0.622. The molecule has 2 unspecified atom stereocenters. The van der Waals surface area contributed by atoms with Crippen LogP contribution in [0.15, 0.2) is 36.4 Å². The molecule has 23 heavy (non-hydrogen) atoms. The number of ether oxygens (including phenoxy) is 1. The fraction of sp³-hybridized carbons (Fsp3) is 0.353. The number of nitrogens with one attached hydrogen (secondary N) is 2. The Balaban J connectivity index is 0.00000192. The van der Waals surface area contributed by atoms with Crippen LogP contribution in [0.2, 0.25) is 0 Å². The van der Waals surface area contributed by atoms with Crippen LogP contribution < -0.4 is 15.4 Å². The molecule has 3 rings (SSSR count). The van der Waals surface area contributed by atoms with Gasteiger partial charge in [0.05, 0.1) is 13.2 Å². The second-order valence-electron chi connectivity index (χ2n) is 5.56. The number of carbonyl (C=O) groups excluding carboxylic acids is 1. The first-order valence-corrected chi connectivity index (χ1v) is 7.43. The molecule has 0 radical (unpaired) electrons. The minimum Gasteiger partial charge on any atom is -0.496 e. The van der Waals surface area contributed by atoms with Crippen LogP contribution in [0, 0.1) is 5.92 Å². The predicted molar refractivity (Wildman–Crippen MR) is 92.4 cm³/mol. The highest BCUT2D eigenvalue weighted by Gasteiger charge is 2.25. The van der Waals surface area contributed by atoms with Gasteiger partial charge in [-0.25, -0.2) is 0 Å². The van der Waals surface area contributed by atoms with E-state index < -0.39 is 6.10 Å². The SMILES string of the molecule is COc1ccc(C(=O)NCC2CNCC2O)c2ccccc12.Cl. The van der Waals surface area contributed by atoms with Gasteiger partial charge in [-0.1, -0.05) is 24.3 Å². The van der Waals surface area contributed by atoms with Crippen molar-refractivity contribution >= 4 is 29.1 Å². The Labute approximate surface area is 141 Å². The van der Waals surface area contributed by atoms with Gasteiger partial charge in [-0.15, -0.1) is 12.4 Å². The minimum atomic E-state index is -0.395. The van der Waals surface area contributed by atoms with E-state index in [1.807, 2.05) is 30.3 Å². The lowest BCUT2D eigenvalue weighted by Crippen LogP contribution is -2.34. The molecule has 1 fully saturated rings. The highest BCUT2D eigenvalue weighted by Crippen LogP contribution is 2.28. The van der Waals surface area contributed by atoms with Gasteiger partial charge < -0.3 is 20.5 Å². The average molecular weight is 337 g/mol. The van der Waals surface area contributed by atoms with E-state index in [4.69, 9.17) is 4.74 Å². The lowest BCUT2D eigenvalue weighted by Gasteiger charge is -2.15. The summed E-state index contributed by atoms with van der Waals surface area (Å²) in [6.45, 7) is 1.78. The van der Waals surface area contributed by atoms with Crippen molar-refractivity contribution in [3.05, 3.63) is 42.0 Å². The van der Waals surface area contributed by atoms with E-state index in [0.29, 0.717) is 18.7 Å². The quantitative estimate of drug-likeness (QED) is 0.793. The number of rotatable bonds is 4. The Kier molecular flexibility index (Phi) is 5.82. The van der Waals surface area contributed by atoms with Gasteiger partial charge in [-0.3, -0.25) is 4.79 Å². The zero-order chi connectivity index (χ0) is 15.5. The molecule has 1 aliphatic heterocycles. The number of hydrogen-bond donors (Lipinski definition) is 3. The number of hydrogen-bond acceptors (Lipinski definition) is 4. The van der Waals surface area contributed by atoms with Crippen molar-refractivity contribution in [3.8, 4) is 5.75 Å². The van der Waals surface area contributed by atoms with Gasteiger partial charge in [-0.05, 0) is 17.5 Å². The third-order valence-electron chi connectivity index (χ3n) is 4.18. The molecule has 1 heterocycles. The molecule has 124 valence electrons. The van der Waals surface area contributed by atoms with Gasteiger partial charge in [0.2, 0.25) is 0 Å². The van der Waals surface area contributed by atoms with Crippen LogP contribution in [0.3, 0.4) is 0 Å². The number of methoxy groups -OCH3 is 1. The van der Waals surface area contributed by atoms with Crippen LogP contribution >= 0.6 is 12.4 Å².